The first-order valence-corrected chi connectivity index (χ1v) is 7.30. The number of rotatable bonds is 5. The van der Waals surface area contributed by atoms with Crippen LogP contribution in [0.25, 0.3) is 11.3 Å². The zero-order valence-corrected chi connectivity index (χ0v) is 12.9. The van der Waals surface area contributed by atoms with Crippen LogP contribution in [0.1, 0.15) is 31.7 Å². The van der Waals surface area contributed by atoms with E-state index in [0.29, 0.717) is 11.8 Å². The molecule has 0 aliphatic heterocycles. The molecule has 0 saturated heterocycles. The molecule has 106 valence electrons. The zero-order chi connectivity index (χ0) is 14.5. The maximum absolute atomic E-state index is 6.24. The van der Waals surface area contributed by atoms with E-state index in [9.17, 15) is 0 Å². The number of hydrogen-bond acceptors (Lipinski definition) is 3. The lowest BCUT2D eigenvalue weighted by Gasteiger charge is -2.13. The van der Waals surface area contributed by atoms with E-state index >= 15 is 0 Å². The number of aromatic nitrogens is 2. The fraction of sp³-hybridized carbons (Fsp3) is 0.375. The average Bonchev–Trinajstić information content (AvgIpc) is 2.44. The molecule has 0 radical (unpaired) electrons. The zero-order valence-electron chi connectivity index (χ0n) is 12.1. The van der Waals surface area contributed by atoms with Gasteiger partial charge in [-0.3, -0.25) is 0 Å². The van der Waals surface area contributed by atoms with Crippen molar-refractivity contribution in [3.05, 3.63) is 40.8 Å². The summed E-state index contributed by atoms with van der Waals surface area (Å²) in [7, 11) is 0. The second-order valence-electron chi connectivity index (χ2n) is 4.58. The molecule has 2 rings (SSSR count). The molecule has 1 aromatic heterocycles. The Kier molecular flexibility index (Phi) is 4.96. The van der Waals surface area contributed by atoms with Gasteiger partial charge in [0.05, 0.1) is 12.3 Å². The van der Waals surface area contributed by atoms with E-state index in [-0.39, 0.29) is 0 Å². The molecular weight excluding hydrogens is 272 g/mol. The van der Waals surface area contributed by atoms with Crippen LogP contribution in [-0.4, -0.2) is 16.6 Å². The normalized spacial score (nSPS) is 10.6. The van der Waals surface area contributed by atoms with Gasteiger partial charge in [-0.1, -0.05) is 30.7 Å². The van der Waals surface area contributed by atoms with Crippen molar-refractivity contribution in [2.75, 3.05) is 6.61 Å². The largest absolute Gasteiger partial charge is 0.493 e. The molecule has 0 aliphatic rings. The molecule has 3 nitrogen and oxygen atoms in total. The Morgan fingerprint density at radius 2 is 1.90 bits per heavy atom. The molecule has 0 spiro atoms. The number of benzene rings is 1. The molecule has 0 fully saturated rings. The van der Waals surface area contributed by atoms with Crippen LogP contribution in [0.15, 0.2) is 24.3 Å². The Morgan fingerprint density at radius 1 is 1.15 bits per heavy atom. The fourth-order valence-corrected chi connectivity index (χ4v) is 2.26. The van der Waals surface area contributed by atoms with Gasteiger partial charge < -0.3 is 4.74 Å². The highest BCUT2D eigenvalue weighted by molar-refractivity contribution is 6.30. The van der Waals surface area contributed by atoms with Crippen LogP contribution in [0.3, 0.4) is 0 Å². The SMILES string of the molecule is CCCc1nc(Cl)c(C)c(-c2ccccc2OCC)n1. The summed E-state index contributed by atoms with van der Waals surface area (Å²) in [5, 5.41) is 0.518. The summed E-state index contributed by atoms with van der Waals surface area (Å²) in [6, 6.07) is 7.90. The third-order valence-corrected chi connectivity index (χ3v) is 3.42. The van der Waals surface area contributed by atoms with E-state index in [2.05, 4.69) is 16.9 Å². The fourth-order valence-electron chi connectivity index (χ4n) is 2.07. The van der Waals surface area contributed by atoms with Crippen molar-refractivity contribution in [1.82, 2.24) is 9.97 Å². The second kappa shape index (κ2) is 6.71. The average molecular weight is 291 g/mol. The smallest absolute Gasteiger partial charge is 0.136 e. The van der Waals surface area contributed by atoms with Crippen LogP contribution in [0.4, 0.5) is 0 Å². The highest BCUT2D eigenvalue weighted by atomic mass is 35.5. The summed E-state index contributed by atoms with van der Waals surface area (Å²) in [6.07, 6.45) is 1.82. The molecule has 2 aromatic rings. The molecule has 0 amide bonds. The second-order valence-corrected chi connectivity index (χ2v) is 4.94. The minimum atomic E-state index is 0.518. The van der Waals surface area contributed by atoms with Gasteiger partial charge in [0.25, 0.3) is 0 Å². The van der Waals surface area contributed by atoms with Crippen LogP contribution >= 0.6 is 11.6 Å². The summed E-state index contributed by atoms with van der Waals surface area (Å²) >= 11 is 6.24. The van der Waals surface area contributed by atoms with Crippen molar-refractivity contribution >= 4 is 11.6 Å². The van der Waals surface area contributed by atoms with E-state index in [4.69, 9.17) is 16.3 Å². The molecule has 1 aromatic carbocycles. The number of hydrogen-bond donors (Lipinski definition) is 0. The summed E-state index contributed by atoms with van der Waals surface area (Å²) in [4.78, 5) is 9.00. The standard InChI is InChI=1S/C16H19ClN2O/c1-4-8-14-18-15(11(3)16(17)19-14)12-9-6-7-10-13(12)20-5-2/h6-7,9-10H,4-5,8H2,1-3H3. The maximum Gasteiger partial charge on any atom is 0.136 e. The number of para-hydroxylation sites is 1. The Morgan fingerprint density at radius 3 is 2.60 bits per heavy atom. The molecular formula is C16H19ClN2O. The van der Waals surface area contributed by atoms with E-state index in [0.717, 1.165) is 41.2 Å². The summed E-state index contributed by atoms with van der Waals surface area (Å²) in [5.74, 6) is 1.61. The minimum Gasteiger partial charge on any atom is -0.493 e. The molecule has 20 heavy (non-hydrogen) atoms. The Labute approximate surface area is 125 Å². The van der Waals surface area contributed by atoms with Crippen LogP contribution < -0.4 is 4.74 Å². The molecule has 1 heterocycles. The van der Waals surface area contributed by atoms with Gasteiger partial charge in [0.1, 0.15) is 16.7 Å². The summed E-state index contributed by atoms with van der Waals surface area (Å²) in [5.41, 5.74) is 2.71. The Balaban J connectivity index is 2.56. The van der Waals surface area contributed by atoms with E-state index < -0.39 is 0 Å². The van der Waals surface area contributed by atoms with Gasteiger partial charge in [-0.25, -0.2) is 9.97 Å². The molecule has 0 N–H and O–H groups in total. The minimum absolute atomic E-state index is 0.518. The lowest BCUT2D eigenvalue weighted by molar-refractivity contribution is 0.341. The number of aryl methyl sites for hydroxylation is 1. The van der Waals surface area contributed by atoms with Gasteiger partial charge >= 0.3 is 0 Å². The highest BCUT2D eigenvalue weighted by Gasteiger charge is 2.14. The third-order valence-electron chi connectivity index (χ3n) is 3.05. The topological polar surface area (TPSA) is 35.0 Å². The van der Waals surface area contributed by atoms with Crippen molar-refractivity contribution in [2.24, 2.45) is 0 Å². The molecule has 0 bridgehead atoms. The highest BCUT2D eigenvalue weighted by Crippen LogP contribution is 2.32. The Bertz CT molecular complexity index is 599. The van der Waals surface area contributed by atoms with Crippen LogP contribution in [0.2, 0.25) is 5.15 Å². The van der Waals surface area contributed by atoms with Crippen molar-refractivity contribution in [1.29, 1.82) is 0 Å². The third kappa shape index (κ3) is 3.10. The molecule has 0 aliphatic carbocycles. The van der Waals surface area contributed by atoms with Crippen LogP contribution in [0.5, 0.6) is 5.75 Å². The molecule has 0 saturated carbocycles. The predicted octanol–water partition coefficient (Wildman–Crippen LogP) is 4.46. The molecule has 0 atom stereocenters. The van der Waals surface area contributed by atoms with E-state index in [1.165, 1.54) is 0 Å². The summed E-state index contributed by atoms with van der Waals surface area (Å²) in [6.45, 7) is 6.64. The lowest BCUT2D eigenvalue weighted by atomic mass is 10.1. The predicted molar refractivity (Wildman–Crippen MR) is 82.4 cm³/mol. The van der Waals surface area contributed by atoms with Gasteiger partial charge in [0.15, 0.2) is 0 Å². The quantitative estimate of drug-likeness (QED) is 0.763. The first-order valence-electron chi connectivity index (χ1n) is 6.92. The first-order chi connectivity index (χ1) is 9.67. The van der Waals surface area contributed by atoms with Crippen molar-refractivity contribution in [3.63, 3.8) is 0 Å². The van der Waals surface area contributed by atoms with Gasteiger partial charge in [-0.05, 0) is 32.4 Å². The van der Waals surface area contributed by atoms with Gasteiger partial charge in [0.2, 0.25) is 0 Å². The molecule has 4 heteroatoms. The summed E-state index contributed by atoms with van der Waals surface area (Å²) < 4.78 is 5.68. The van der Waals surface area contributed by atoms with Crippen LogP contribution in [-0.2, 0) is 6.42 Å². The van der Waals surface area contributed by atoms with Crippen molar-refractivity contribution < 1.29 is 4.74 Å². The monoisotopic (exact) mass is 290 g/mol. The number of nitrogens with zero attached hydrogens (tertiary/aromatic N) is 2. The van der Waals surface area contributed by atoms with Gasteiger partial charge in [-0.15, -0.1) is 0 Å². The Hall–Kier alpha value is -1.61. The number of halogens is 1. The van der Waals surface area contributed by atoms with Crippen LogP contribution in [0, 0.1) is 6.92 Å². The maximum atomic E-state index is 6.24. The van der Waals surface area contributed by atoms with Gasteiger partial charge in [-0.2, -0.15) is 0 Å². The molecule has 0 unspecified atom stereocenters. The van der Waals surface area contributed by atoms with Gasteiger partial charge in [0, 0.05) is 17.5 Å². The van der Waals surface area contributed by atoms with Crippen molar-refractivity contribution in [3.8, 4) is 17.0 Å². The van der Waals surface area contributed by atoms with Crippen molar-refractivity contribution in [2.45, 2.75) is 33.6 Å². The first kappa shape index (κ1) is 14.8. The number of ether oxygens (including phenoxy) is 1. The lowest BCUT2D eigenvalue weighted by Crippen LogP contribution is -2.02. The van der Waals surface area contributed by atoms with E-state index in [1.54, 1.807) is 0 Å². The van der Waals surface area contributed by atoms with E-state index in [1.807, 2.05) is 38.1 Å².